The number of hydrogen-bond donors (Lipinski definition) is 0. The fraction of sp³-hybridized carbons (Fsp3) is 0.200. The summed E-state index contributed by atoms with van der Waals surface area (Å²) >= 11 is 3.20. The average Bonchev–Trinajstić information content (AvgIpc) is 2.29. The van der Waals surface area contributed by atoms with E-state index in [2.05, 4.69) is 15.9 Å². The zero-order valence-electron chi connectivity index (χ0n) is 8.67. The molecule has 0 amide bonds. The van der Waals surface area contributed by atoms with Gasteiger partial charge in [-0.3, -0.25) is 0 Å². The zero-order chi connectivity index (χ0) is 12.9. The summed E-state index contributed by atoms with van der Waals surface area (Å²) in [4.78, 5) is 0.0613. The van der Waals surface area contributed by atoms with Gasteiger partial charge in [-0.15, -0.1) is 0 Å². The number of nitriles is 2. The number of benzene rings is 1. The van der Waals surface area contributed by atoms with Gasteiger partial charge in [0.25, 0.3) is 0 Å². The Kier molecular flexibility index (Phi) is 4.64. The van der Waals surface area contributed by atoms with Crippen molar-refractivity contribution in [2.75, 3.05) is 13.1 Å². The van der Waals surface area contributed by atoms with E-state index in [-0.39, 0.29) is 18.0 Å². The van der Waals surface area contributed by atoms with E-state index in [0.29, 0.717) is 0 Å². The van der Waals surface area contributed by atoms with Crippen molar-refractivity contribution < 1.29 is 8.42 Å². The van der Waals surface area contributed by atoms with Gasteiger partial charge in [0.05, 0.1) is 17.0 Å². The monoisotopic (exact) mass is 313 g/mol. The van der Waals surface area contributed by atoms with Crippen LogP contribution in [-0.4, -0.2) is 25.8 Å². The largest absolute Gasteiger partial charge is 0.244 e. The van der Waals surface area contributed by atoms with Gasteiger partial charge in [-0.1, -0.05) is 15.9 Å². The van der Waals surface area contributed by atoms with E-state index in [1.807, 2.05) is 0 Å². The third-order valence-electron chi connectivity index (χ3n) is 1.95. The second-order valence-corrected chi connectivity index (χ2v) is 5.90. The van der Waals surface area contributed by atoms with Gasteiger partial charge < -0.3 is 0 Å². The number of nitrogens with zero attached hydrogens (tertiary/aromatic N) is 3. The average molecular weight is 314 g/mol. The van der Waals surface area contributed by atoms with E-state index in [9.17, 15) is 8.42 Å². The minimum absolute atomic E-state index is 0.0613. The Morgan fingerprint density at radius 3 is 2.00 bits per heavy atom. The molecule has 0 aliphatic carbocycles. The van der Waals surface area contributed by atoms with Crippen LogP contribution in [0.3, 0.4) is 0 Å². The van der Waals surface area contributed by atoms with Crippen molar-refractivity contribution in [3.63, 3.8) is 0 Å². The number of rotatable bonds is 4. The predicted molar refractivity (Wildman–Crippen MR) is 64.1 cm³/mol. The maximum absolute atomic E-state index is 12.0. The molecule has 0 N–H and O–H groups in total. The van der Waals surface area contributed by atoms with Crippen molar-refractivity contribution in [2.24, 2.45) is 0 Å². The molecule has 0 heterocycles. The first-order chi connectivity index (χ1) is 8.02. The van der Waals surface area contributed by atoms with Crippen molar-refractivity contribution >= 4 is 26.0 Å². The number of hydrogen-bond acceptors (Lipinski definition) is 4. The molecule has 0 saturated carbocycles. The zero-order valence-corrected chi connectivity index (χ0v) is 11.1. The minimum Gasteiger partial charge on any atom is -0.207 e. The lowest BCUT2D eigenvalue weighted by molar-refractivity contribution is 0.479. The van der Waals surface area contributed by atoms with Crippen molar-refractivity contribution in [2.45, 2.75) is 4.90 Å². The Hall–Kier alpha value is -1.41. The number of sulfonamides is 1. The standard InChI is InChI=1S/C10H8BrN3O2S/c11-9-1-3-10(4-2-9)17(15,16)14(7-5-12)8-6-13/h1-4H,7-8H2. The van der Waals surface area contributed by atoms with Crippen LogP contribution < -0.4 is 0 Å². The van der Waals surface area contributed by atoms with Gasteiger partial charge in [-0.2, -0.15) is 14.8 Å². The molecule has 0 aliphatic heterocycles. The summed E-state index contributed by atoms with van der Waals surface area (Å²) in [6.07, 6.45) is 0. The third-order valence-corrected chi connectivity index (χ3v) is 4.28. The molecule has 1 aromatic carbocycles. The summed E-state index contributed by atoms with van der Waals surface area (Å²) < 4.78 is 25.6. The lowest BCUT2D eigenvalue weighted by Gasteiger charge is -2.15. The summed E-state index contributed by atoms with van der Waals surface area (Å²) in [5.41, 5.74) is 0. The van der Waals surface area contributed by atoms with Crippen LogP contribution in [0.5, 0.6) is 0 Å². The van der Waals surface area contributed by atoms with Crippen LogP contribution in [0.15, 0.2) is 33.6 Å². The van der Waals surface area contributed by atoms with Crippen LogP contribution >= 0.6 is 15.9 Å². The van der Waals surface area contributed by atoms with E-state index in [4.69, 9.17) is 10.5 Å². The maximum Gasteiger partial charge on any atom is 0.244 e. The summed E-state index contributed by atoms with van der Waals surface area (Å²) in [7, 11) is -3.77. The van der Waals surface area contributed by atoms with Gasteiger partial charge in [0.15, 0.2) is 0 Å². The normalized spacial score (nSPS) is 10.8. The summed E-state index contributed by atoms with van der Waals surface area (Å²) in [5, 5.41) is 17.1. The van der Waals surface area contributed by atoms with Crippen LogP contribution in [0.4, 0.5) is 0 Å². The Morgan fingerprint density at radius 1 is 1.12 bits per heavy atom. The van der Waals surface area contributed by atoms with Crippen LogP contribution in [0.1, 0.15) is 0 Å². The van der Waals surface area contributed by atoms with Crippen molar-refractivity contribution in [3.05, 3.63) is 28.7 Å². The summed E-state index contributed by atoms with van der Waals surface area (Å²) in [6.45, 7) is -0.683. The first kappa shape index (κ1) is 13.7. The Balaban J connectivity index is 3.13. The second kappa shape index (κ2) is 5.78. The first-order valence-electron chi connectivity index (χ1n) is 4.52. The molecule has 0 bridgehead atoms. The Bertz CT molecular complexity index is 553. The molecule has 1 rings (SSSR count). The van der Waals surface area contributed by atoms with Gasteiger partial charge in [0.1, 0.15) is 13.1 Å². The van der Waals surface area contributed by atoms with Crippen LogP contribution in [0.25, 0.3) is 0 Å². The van der Waals surface area contributed by atoms with Gasteiger partial charge in [0, 0.05) is 4.47 Å². The van der Waals surface area contributed by atoms with Crippen molar-refractivity contribution in [1.29, 1.82) is 10.5 Å². The van der Waals surface area contributed by atoms with Crippen LogP contribution in [-0.2, 0) is 10.0 Å². The van der Waals surface area contributed by atoms with E-state index in [1.54, 1.807) is 24.3 Å². The molecule has 0 unspecified atom stereocenters. The maximum atomic E-state index is 12.0. The minimum atomic E-state index is -3.77. The van der Waals surface area contributed by atoms with Gasteiger partial charge >= 0.3 is 0 Å². The molecule has 0 saturated heterocycles. The Morgan fingerprint density at radius 2 is 1.59 bits per heavy atom. The number of halogens is 1. The van der Waals surface area contributed by atoms with Gasteiger partial charge in [0.2, 0.25) is 10.0 Å². The van der Waals surface area contributed by atoms with Crippen molar-refractivity contribution in [1.82, 2.24) is 4.31 Å². The molecule has 1 aromatic rings. The fourth-order valence-corrected chi connectivity index (χ4v) is 2.64. The molecule has 5 nitrogen and oxygen atoms in total. The molecule has 17 heavy (non-hydrogen) atoms. The molecule has 0 atom stereocenters. The highest BCUT2D eigenvalue weighted by atomic mass is 79.9. The third kappa shape index (κ3) is 3.27. The van der Waals surface area contributed by atoms with E-state index < -0.39 is 10.0 Å². The quantitative estimate of drug-likeness (QED) is 0.788. The van der Waals surface area contributed by atoms with Crippen LogP contribution in [0.2, 0.25) is 0 Å². The van der Waals surface area contributed by atoms with Crippen molar-refractivity contribution in [3.8, 4) is 12.1 Å². The molecule has 0 radical (unpaired) electrons. The summed E-state index contributed by atoms with van der Waals surface area (Å²) in [5.74, 6) is 0. The Labute approximate surface area is 108 Å². The highest BCUT2D eigenvalue weighted by Crippen LogP contribution is 2.18. The van der Waals surface area contributed by atoms with Crippen LogP contribution in [0, 0.1) is 22.7 Å². The summed E-state index contributed by atoms with van der Waals surface area (Å²) in [6, 6.07) is 9.46. The molecular weight excluding hydrogens is 306 g/mol. The fourth-order valence-electron chi connectivity index (χ4n) is 1.14. The molecule has 0 spiro atoms. The van der Waals surface area contributed by atoms with E-state index in [0.717, 1.165) is 8.78 Å². The lowest BCUT2D eigenvalue weighted by atomic mass is 10.4. The highest BCUT2D eigenvalue weighted by Gasteiger charge is 2.23. The first-order valence-corrected chi connectivity index (χ1v) is 6.75. The lowest BCUT2D eigenvalue weighted by Crippen LogP contribution is -2.31. The predicted octanol–water partition coefficient (Wildman–Crippen LogP) is 1.49. The van der Waals surface area contributed by atoms with Gasteiger partial charge in [-0.05, 0) is 24.3 Å². The molecular formula is C10H8BrN3O2S. The molecule has 7 heteroatoms. The SMILES string of the molecule is N#CCN(CC#N)S(=O)(=O)c1ccc(Br)cc1. The smallest absolute Gasteiger partial charge is 0.207 e. The van der Waals surface area contributed by atoms with E-state index >= 15 is 0 Å². The topological polar surface area (TPSA) is 85.0 Å². The highest BCUT2D eigenvalue weighted by molar-refractivity contribution is 9.10. The molecule has 88 valence electrons. The second-order valence-electron chi connectivity index (χ2n) is 3.04. The van der Waals surface area contributed by atoms with E-state index in [1.165, 1.54) is 12.1 Å². The molecule has 0 aromatic heterocycles. The molecule has 0 fully saturated rings. The molecule has 0 aliphatic rings. The van der Waals surface area contributed by atoms with Gasteiger partial charge in [-0.25, -0.2) is 8.42 Å².